The summed E-state index contributed by atoms with van der Waals surface area (Å²) in [6, 6.07) is 4.32. The van der Waals surface area contributed by atoms with Gasteiger partial charge in [0.1, 0.15) is 0 Å². The SMILES string of the molecule is CN(C)S(=O)(=O)c1ccc(N)c(NCCCS(N)(=O)=O)c1. The third kappa shape index (κ3) is 5.16. The minimum absolute atomic E-state index is 0.107. The molecule has 1 rings (SSSR count). The zero-order chi connectivity index (χ0) is 16.3. The summed E-state index contributed by atoms with van der Waals surface area (Å²) < 4.78 is 46.8. The molecule has 5 N–H and O–H groups in total. The molecule has 0 aliphatic rings. The molecule has 0 fully saturated rings. The summed E-state index contributed by atoms with van der Waals surface area (Å²) in [4.78, 5) is 0.107. The van der Waals surface area contributed by atoms with Crippen LogP contribution in [0.5, 0.6) is 0 Å². The van der Waals surface area contributed by atoms with Crippen LogP contribution in [0.4, 0.5) is 11.4 Å². The van der Waals surface area contributed by atoms with E-state index >= 15 is 0 Å². The van der Waals surface area contributed by atoms with Crippen LogP contribution in [0.3, 0.4) is 0 Å². The van der Waals surface area contributed by atoms with E-state index in [0.29, 0.717) is 24.3 Å². The van der Waals surface area contributed by atoms with Gasteiger partial charge >= 0.3 is 0 Å². The normalized spacial score (nSPS) is 12.6. The molecule has 0 aliphatic heterocycles. The largest absolute Gasteiger partial charge is 0.397 e. The van der Waals surface area contributed by atoms with Gasteiger partial charge in [0.25, 0.3) is 0 Å². The number of hydrogen-bond acceptors (Lipinski definition) is 6. The average Bonchev–Trinajstić information content (AvgIpc) is 2.34. The summed E-state index contributed by atoms with van der Waals surface area (Å²) in [5, 5.41) is 7.80. The Balaban J connectivity index is 2.84. The Morgan fingerprint density at radius 1 is 1.19 bits per heavy atom. The van der Waals surface area contributed by atoms with Crippen LogP contribution >= 0.6 is 0 Å². The molecule has 0 saturated carbocycles. The van der Waals surface area contributed by atoms with E-state index in [-0.39, 0.29) is 10.6 Å². The monoisotopic (exact) mass is 336 g/mol. The fourth-order valence-corrected chi connectivity index (χ4v) is 3.03. The summed E-state index contributed by atoms with van der Waals surface area (Å²) >= 11 is 0. The minimum atomic E-state index is -3.55. The number of nitrogens with one attached hydrogen (secondary N) is 1. The third-order valence-electron chi connectivity index (χ3n) is 2.72. The van der Waals surface area contributed by atoms with Crippen molar-refractivity contribution in [3.05, 3.63) is 18.2 Å². The van der Waals surface area contributed by atoms with Gasteiger partial charge in [0.2, 0.25) is 20.0 Å². The lowest BCUT2D eigenvalue weighted by molar-refractivity contribution is 0.521. The van der Waals surface area contributed by atoms with Crippen molar-refractivity contribution in [3.63, 3.8) is 0 Å². The third-order valence-corrected chi connectivity index (χ3v) is 5.39. The molecule has 120 valence electrons. The molecule has 0 heterocycles. The molecule has 0 aromatic heterocycles. The highest BCUT2D eigenvalue weighted by molar-refractivity contribution is 7.89. The van der Waals surface area contributed by atoms with Crippen LogP contribution in [0.2, 0.25) is 0 Å². The van der Waals surface area contributed by atoms with Crippen LogP contribution in [0.1, 0.15) is 6.42 Å². The topological polar surface area (TPSA) is 136 Å². The maximum absolute atomic E-state index is 12.0. The number of nitrogens with two attached hydrogens (primary N) is 2. The van der Waals surface area contributed by atoms with Crippen molar-refractivity contribution in [1.29, 1.82) is 0 Å². The van der Waals surface area contributed by atoms with Crippen LogP contribution in [0.25, 0.3) is 0 Å². The average molecular weight is 336 g/mol. The van der Waals surface area contributed by atoms with Gasteiger partial charge in [-0.25, -0.2) is 26.3 Å². The zero-order valence-corrected chi connectivity index (χ0v) is 13.5. The Morgan fingerprint density at radius 3 is 2.33 bits per heavy atom. The molecular formula is C11H20N4O4S2. The standard InChI is InChI=1S/C11H20N4O4S2/c1-15(2)21(18,19)9-4-5-10(12)11(8-9)14-6-3-7-20(13,16)17/h4-5,8,14H,3,6-7,12H2,1-2H3,(H2,13,16,17). The van der Waals surface area contributed by atoms with Gasteiger partial charge in [0.05, 0.1) is 22.0 Å². The van der Waals surface area contributed by atoms with Gasteiger partial charge in [-0.15, -0.1) is 0 Å². The zero-order valence-electron chi connectivity index (χ0n) is 11.9. The minimum Gasteiger partial charge on any atom is -0.397 e. The van der Waals surface area contributed by atoms with Crippen molar-refractivity contribution in [3.8, 4) is 0 Å². The van der Waals surface area contributed by atoms with Gasteiger partial charge in [0, 0.05) is 20.6 Å². The first-order valence-electron chi connectivity index (χ1n) is 6.10. The quantitative estimate of drug-likeness (QED) is 0.458. The van der Waals surface area contributed by atoms with Crippen LogP contribution in [0.15, 0.2) is 23.1 Å². The lowest BCUT2D eigenvalue weighted by Gasteiger charge is -2.14. The first-order chi connectivity index (χ1) is 9.54. The van der Waals surface area contributed by atoms with Gasteiger partial charge in [-0.1, -0.05) is 0 Å². The van der Waals surface area contributed by atoms with Crippen LogP contribution < -0.4 is 16.2 Å². The number of nitrogen functional groups attached to an aromatic ring is 1. The Labute approximate surface area is 125 Å². The summed E-state index contributed by atoms with van der Waals surface area (Å²) in [7, 11) is -4.18. The van der Waals surface area contributed by atoms with Gasteiger partial charge in [-0.3, -0.25) is 0 Å². The second-order valence-corrected chi connectivity index (χ2v) is 8.57. The molecule has 10 heteroatoms. The van der Waals surface area contributed by atoms with E-state index in [0.717, 1.165) is 4.31 Å². The molecule has 0 bridgehead atoms. The number of primary sulfonamides is 1. The summed E-state index contributed by atoms with van der Waals surface area (Å²) in [5.74, 6) is -0.157. The molecule has 8 nitrogen and oxygen atoms in total. The lowest BCUT2D eigenvalue weighted by Crippen LogP contribution is -2.22. The highest BCUT2D eigenvalue weighted by Crippen LogP contribution is 2.24. The molecule has 0 atom stereocenters. The number of rotatable bonds is 7. The van der Waals surface area contributed by atoms with E-state index in [9.17, 15) is 16.8 Å². The molecule has 0 saturated heterocycles. The maximum atomic E-state index is 12.0. The van der Waals surface area contributed by atoms with Crippen molar-refractivity contribution < 1.29 is 16.8 Å². The Kier molecular flexibility index (Phi) is 5.56. The smallest absolute Gasteiger partial charge is 0.242 e. The fraction of sp³-hybridized carbons (Fsp3) is 0.455. The Hall–Kier alpha value is -1.36. The molecule has 0 aliphatic carbocycles. The predicted molar refractivity (Wildman–Crippen MR) is 82.8 cm³/mol. The molecule has 1 aromatic rings. The Morgan fingerprint density at radius 2 is 1.81 bits per heavy atom. The van der Waals surface area contributed by atoms with Crippen LogP contribution in [-0.2, 0) is 20.0 Å². The fourth-order valence-electron chi connectivity index (χ4n) is 1.56. The number of nitrogens with zero attached hydrogens (tertiary/aromatic N) is 1. The van der Waals surface area contributed by atoms with Crippen molar-refractivity contribution in [2.75, 3.05) is 37.4 Å². The van der Waals surface area contributed by atoms with Gasteiger partial charge in [-0.05, 0) is 24.6 Å². The summed E-state index contributed by atoms with van der Waals surface area (Å²) in [5.41, 5.74) is 6.58. The highest BCUT2D eigenvalue weighted by atomic mass is 32.2. The number of anilines is 2. The molecule has 0 radical (unpaired) electrons. The lowest BCUT2D eigenvalue weighted by atomic mass is 10.2. The second-order valence-electron chi connectivity index (χ2n) is 4.68. The number of benzene rings is 1. The summed E-state index contributed by atoms with van der Waals surface area (Å²) in [6.07, 6.45) is 0.295. The van der Waals surface area contributed by atoms with Crippen LogP contribution in [-0.4, -0.2) is 47.5 Å². The van der Waals surface area contributed by atoms with E-state index in [1.54, 1.807) is 0 Å². The Bertz CT molecular complexity index is 699. The van der Waals surface area contributed by atoms with Gasteiger partial charge < -0.3 is 11.1 Å². The number of sulfonamides is 2. The predicted octanol–water partition coefficient (Wildman–Crippen LogP) is -0.390. The first-order valence-corrected chi connectivity index (χ1v) is 9.26. The molecule has 0 amide bonds. The molecule has 1 aromatic carbocycles. The van der Waals surface area contributed by atoms with Crippen molar-refractivity contribution in [2.24, 2.45) is 5.14 Å². The van der Waals surface area contributed by atoms with E-state index in [4.69, 9.17) is 10.9 Å². The van der Waals surface area contributed by atoms with Crippen LogP contribution in [0, 0.1) is 0 Å². The van der Waals surface area contributed by atoms with Gasteiger partial charge in [0.15, 0.2) is 0 Å². The number of hydrogen-bond donors (Lipinski definition) is 3. The van der Waals surface area contributed by atoms with E-state index in [1.807, 2.05) is 0 Å². The highest BCUT2D eigenvalue weighted by Gasteiger charge is 2.18. The van der Waals surface area contributed by atoms with Crippen molar-refractivity contribution in [2.45, 2.75) is 11.3 Å². The van der Waals surface area contributed by atoms with Crippen molar-refractivity contribution in [1.82, 2.24) is 4.31 Å². The summed E-state index contributed by atoms with van der Waals surface area (Å²) in [6.45, 7) is 0.312. The molecule has 21 heavy (non-hydrogen) atoms. The molecule has 0 spiro atoms. The molecule has 0 unspecified atom stereocenters. The second kappa shape index (κ2) is 6.60. The first kappa shape index (κ1) is 17.7. The van der Waals surface area contributed by atoms with E-state index in [2.05, 4.69) is 5.32 Å². The van der Waals surface area contributed by atoms with E-state index in [1.165, 1.54) is 32.3 Å². The maximum Gasteiger partial charge on any atom is 0.242 e. The van der Waals surface area contributed by atoms with Gasteiger partial charge in [-0.2, -0.15) is 0 Å². The van der Waals surface area contributed by atoms with Crippen molar-refractivity contribution >= 4 is 31.4 Å². The molecular weight excluding hydrogens is 316 g/mol. The van der Waals surface area contributed by atoms with E-state index < -0.39 is 20.0 Å².